The van der Waals surface area contributed by atoms with E-state index in [1.54, 1.807) is 37.6 Å². The maximum atomic E-state index is 13.2. The normalized spacial score (nSPS) is 19.7. The number of thiophene rings is 1. The minimum atomic E-state index is -1.50. The van der Waals surface area contributed by atoms with E-state index in [1.165, 1.54) is 34.9 Å². The predicted molar refractivity (Wildman–Crippen MR) is 137 cm³/mol. The third-order valence-electron chi connectivity index (χ3n) is 4.79. The highest BCUT2D eigenvalue weighted by molar-refractivity contribution is 8.00. The number of hydrogen-bond donors (Lipinski definition) is 1. The molecule has 1 saturated heterocycles. The topological polar surface area (TPSA) is 141 Å². The molecule has 1 aromatic heterocycles. The molecule has 3 rings (SSSR count). The average molecular weight is 592 g/mol. The first-order valence-electron chi connectivity index (χ1n) is 10.7. The van der Waals surface area contributed by atoms with Crippen molar-refractivity contribution in [1.82, 2.24) is 10.2 Å². The zero-order chi connectivity index (χ0) is 27.5. The quantitative estimate of drug-likeness (QED) is 0.120. The van der Waals surface area contributed by atoms with Crippen LogP contribution in [0.1, 0.15) is 33.3 Å². The van der Waals surface area contributed by atoms with E-state index in [2.05, 4.69) is 15.3 Å². The van der Waals surface area contributed by atoms with Crippen LogP contribution in [0, 0.1) is 0 Å². The zero-order valence-electron chi connectivity index (χ0n) is 20.1. The van der Waals surface area contributed by atoms with E-state index in [9.17, 15) is 24.0 Å². The number of amides is 2. The highest BCUT2D eigenvalue weighted by Gasteiger charge is 2.55. The third-order valence-corrected chi connectivity index (χ3v) is 7.17. The number of thioether (sulfide) groups is 1. The average Bonchev–Trinajstić information content (AvgIpc) is 3.33. The summed E-state index contributed by atoms with van der Waals surface area (Å²) in [4.78, 5) is 66.5. The maximum absolute atomic E-state index is 13.2. The second-order valence-electron chi connectivity index (χ2n) is 8.76. The van der Waals surface area contributed by atoms with Crippen molar-refractivity contribution in [2.24, 2.45) is 5.16 Å². The number of β-lactam (4-membered cyclic amide) rings is 1. The number of carbonyl (C=O) groups excluding carboxylic acids is 5. The predicted octanol–water partition coefficient (Wildman–Crippen LogP) is 2.36. The van der Waals surface area contributed by atoms with E-state index in [0.29, 0.717) is 11.1 Å². The van der Waals surface area contributed by atoms with Crippen LogP contribution >= 0.6 is 46.3 Å². The molecule has 2 amide bonds. The van der Waals surface area contributed by atoms with Crippen molar-refractivity contribution in [3.8, 4) is 0 Å². The monoisotopic (exact) mass is 591 g/mol. The lowest BCUT2D eigenvalue weighted by molar-refractivity contribution is -0.159. The van der Waals surface area contributed by atoms with Gasteiger partial charge in [0.25, 0.3) is 11.8 Å². The van der Waals surface area contributed by atoms with E-state index in [4.69, 9.17) is 32.7 Å². The van der Waals surface area contributed by atoms with Crippen molar-refractivity contribution in [3.63, 3.8) is 0 Å². The molecule has 2 aliphatic rings. The second kappa shape index (κ2) is 11.8. The van der Waals surface area contributed by atoms with Gasteiger partial charge in [0.1, 0.15) is 29.3 Å². The standard InChI is InChI=1S/C22H23Cl2N3O8S2/c1-10(28)33-7-12-9-37-19-14(18(30)27(19)15(12)20(31)34-22(2,3)4)25-17(29)13(11-5-6-36-8-11)26-35-21(32)16(23)24/h5-6,8,14,16,19H,7,9H2,1-4H3,(H,25,29)/t14-,19-/m1/s1. The highest BCUT2D eigenvalue weighted by atomic mass is 35.5. The Bertz CT molecular complexity index is 1160. The van der Waals surface area contributed by atoms with Crippen molar-refractivity contribution in [3.05, 3.63) is 33.7 Å². The molecule has 0 aromatic carbocycles. The molecule has 0 spiro atoms. The fourth-order valence-electron chi connectivity index (χ4n) is 3.26. The fraction of sp³-hybridized carbons (Fsp3) is 0.455. The Morgan fingerprint density at radius 3 is 2.54 bits per heavy atom. The molecule has 0 bridgehead atoms. The van der Waals surface area contributed by atoms with Gasteiger partial charge in [-0.1, -0.05) is 28.4 Å². The molecule has 1 aromatic rings. The number of halogens is 2. The molecule has 1 fully saturated rings. The Labute approximate surface area is 230 Å². The van der Waals surface area contributed by atoms with Crippen LogP contribution in [0.3, 0.4) is 0 Å². The first kappa shape index (κ1) is 29.0. The largest absolute Gasteiger partial charge is 0.461 e. The summed E-state index contributed by atoms with van der Waals surface area (Å²) >= 11 is 13.5. The summed E-state index contributed by atoms with van der Waals surface area (Å²) in [5.74, 6) is -3.49. The Balaban J connectivity index is 1.83. The second-order valence-corrected chi connectivity index (χ2v) is 11.7. The third kappa shape index (κ3) is 7.03. The van der Waals surface area contributed by atoms with Crippen LogP contribution < -0.4 is 5.32 Å². The van der Waals surface area contributed by atoms with Gasteiger partial charge in [-0.05, 0) is 32.2 Å². The Kier molecular flexibility index (Phi) is 9.27. The molecular weight excluding hydrogens is 569 g/mol. The number of carbonyl (C=O) groups is 5. The van der Waals surface area contributed by atoms with Gasteiger partial charge < -0.3 is 19.6 Å². The molecule has 2 atom stereocenters. The van der Waals surface area contributed by atoms with Crippen molar-refractivity contribution in [2.75, 3.05) is 12.4 Å². The van der Waals surface area contributed by atoms with Crippen LogP contribution in [-0.4, -0.2) is 74.5 Å². The summed E-state index contributed by atoms with van der Waals surface area (Å²) in [6.07, 6.45) is 0. The van der Waals surface area contributed by atoms with E-state index >= 15 is 0 Å². The molecule has 2 aliphatic heterocycles. The molecule has 3 heterocycles. The summed E-state index contributed by atoms with van der Waals surface area (Å²) in [5.41, 5.74) is -0.380. The molecule has 37 heavy (non-hydrogen) atoms. The summed E-state index contributed by atoms with van der Waals surface area (Å²) in [7, 11) is 0. The van der Waals surface area contributed by atoms with Gasteiger partial charge in [0.05, 0.1) is 0 Å². The minimum Gasteiger partial charge on any atom is -0.461 e. The maximum Gasteiger partial charge on any atom is 0.367 e. The summed E-state index contributed by atoms with van der Waals surface area (Å²) < 4.78 is 10.5. The molecule has 0 saturated carbocycles. The minimum absolute atomic E-state index is 0.0219. The number of alkyl halides is 2. The number of esters is 2. The number of nitrogens with one attached hydrogen (secondary N) is 1. The molecule has 0 radical (unpaired) electrons. The van der Waals surface area contributed by atoms with E-state index in [0.717, 1.165) is 0 Å². The summed E-state index contributed by atoms with van der Waals surface area (Å²) in [6.45, 7) is 6.09. The molecule has 0 unspecified atom stereocenters. The smallest absolute Gasteiger partial charge is 0.367 e. The number of hydrogen-bond acceptors (Lipinski definition) is 11. The van der Waals surface area contributed by atoms with Gasteiger partial charge in [-0.15, -0.1) is 11.8 Å². The van der Waals surface area contributed by atoms with Gasteiger partial charge in [0.15, 0.2) is 5.71 Å². The van der Waals surface area contributed by atoms with Crippen LogP contribution in [0.2, 0.25) is 0 Å². The summed E-state index contributed by atoms with van der Waals surface area (Å²) in [5, 5.41) is 8.82. The van der Waals surface area contributed by atoms with E-state index in [1.807, 2.05) is 0 Å². The molecule has 11 nitrogen and oxygen atoms in total. The lowest BCUT2D eigenvalue weighted by Crippen LogP contribution is -2.71. The highest BCUT2D eigenvalue weighted by Crippen LogP contribution is 2.41. The van der Waals surface area contributed by atoms with Crippen LogP contribution in [0.5, 0.6) is 0 Å². The van der Waals surface area contributed by atoms with Crippen molar-refractivity contribution in [1.29, 1.82) is 0 Å². The van der Waals surface area contributed by atoms with E-state index in [-0.39, 0.29) is 23.8 Å². The zero-order valence-corrected chi connectivity index (χ0v) is 23.3. The molecule has 200 valence electrons. The van der Waals surface area contributed by atoms with Crippen molar-refractivity contribution in [2.45, 2.75) is 49.5 Å². The first-order chi connectivity index (χ1) is 17.3. The molecule has 1 N–H and O–H groups in total. The van der Waals surface area contributed by atoms with Crippen LogP contribution in [0.15, 0.2) is 33.3 Å². The van der Waals surface area contributed by atoms with Crippen molar-refractivity contribution >= 4 is 81.7 Å². The number of rotatable bonds is 8. The lowest BCUT2D eigenvalue weighted by Gasteiger charge is -2.49. The Morgan fingerprint density at radius 1 is 1.27 bits per heavy atom. The number of ether oxygens (including phenoxy) is 2. The van der Waals surface area contributed by atoms with Gasteiger partial charge in [0.2, 0.25) is 4.84 Å². The molecule has 0 aliphatic carbocycles. The van der Waals surface area contributed by atoms with Crippen molar-refractivity contribution < 1.29 is 38.3 Å². The fourth-order valence-corrected chi connectivity index (χ4v) is 5.31. The lowest BCUT2D eigenvalue weighted by atomic mass is 10.0. The van der Waals surface area contributed by atoms with Gasteiger partial charge in [-0.25, -0.2) is 9.59 Å². The van der Waals surface area contributed by atoms with Crippen LogP contribution in [0.4, 0.5) is 0 Å². The van der Waals surface area contributed by atoms with Crippen LogP contribution in [-0.2, 0) is 38.3 Å². The van der Waals surface area contributed by atoms with Gasteiger partial charge in [0, 0.05) is 29.2 Å². The van der Waals surface area contributed by atoms with Gasteiger partial charge >= 0.3 is 17.9 Å². The van der Waals surface area contributed by atoms with E-state index < -0.39 is 51.6 Å². The number of nitrogens with zero attached hydrogens (tertiary/aromatic N) is 2. The molecule has 15 heteroatoms. The van der Waals surface area contributed by atoms with Gasteiger partial charge in [-0.3, -0.25) is 19.3 Å². The molecular formula is C22H23Cl2N3O8S2. The SMILES string of the molecule is CC(=O)OCC1=C(C(=O)OC(C)(C)C)N2C(=O)[C@@H](NC(=O)C(=NOC(=O)C(Cl)Cl)c3ccsc3)[C@H]2SC1. The first-order valence-corrected chi connectivity index (χ1v) is 13.6. The number of oxime groups is 1. The van der Waals surface area contributed by atoms with Gasteiger partial charge in [-0.2, -0.15) is 11.3 Å². The Hall–Kier alpha value is -2.61. The van der Waals surface area contributed by atoms with Crippen LogP contribution in [0.25, 0.3) is 0 Å². The Morgan fingerprint density at radius 2 is 1.97 bits per heavy atom. The number of fused-ring (bicyclic) bond motifs is 1. The summed E-state index contributed by atoms with van der Waals surface area (Å²) in [6, 6.07) is 0.559.